The average Bonchev–Trinajstić information content (AvgIpc) is 3.27. The fourth-order valence-corrected chi connectivity index (χ4v) is 8.94. The van der Waals surface area contributed by atoms with E-state index in [2.05, 4.69) is 101 Å². The van der Waals surface area contributed by atoms with Crippen LogP contribution in [0.4, 0.5) is 0 Å². The molecule has 4 heteroatoms. The van der Waals surface area contributed by atoms with E-state index >= 15 is 0 Å². The first-order valence-electron chi connectivity index (χ1n) is 25.3. The van der Waals surface area contributed by atoms with Gasteiger partial charge >= 0.3 is 0 Å². The van der Waals surface area contributed by atoms with Gasteiger partial charge in [-0.3, -0.25) is 0 Å². The molecule has 3 unspecified atom stereocenters. The van der Waals surface area contributed by atoms with Gasteiger partial charge < -0.3 is 14.2 Å². The lowest BCUT2D eigenvalue weighted by Crippen LogP contribution is -2.59. The van der Waals surface area contributed by atoms with E-state index in [9.17, 15) is 0 Å². The van der Waals surface area contributed by atoms with E-state index in [4.69, 9.17) is 26.4 Å². The molecule has 59 heavy (non-hydrogen) atoms. The molecule has 336 valence electrons. The summed E-state index contributed by atoms with van der Waals surface area (Å²) < 4.78 is 22.0. The molecule has 0 saturated carbocycles. The van der Waals surface area contributed by atoms with Crippen LogP contribution in [0.5, 0.6) is 0 Å². The third kappa shape index (κ3) is 22.7. The fraction of sp³-hybridized carbons (Fsp3) is 0.727. The Morgan fingerprint density at radius 3 is 1.32 bits per heavy atom. The summed E-state index contributed by atoms with van der Waals surface area (Å²) in [5, 5.41) is 0. The molecule has 3 atom stereocenters. The van der Waals surface area contributed by atoms with Crippen LogP contribution in [0.15, 0.2) is 66.2 Å². The van der Waals surface area contributed by atoms with Gasteiger partial charge in [-0.15, -0.1) is 0 Å². The van der Waals surface area contributed by atoms with E-state index in [-0.39, 0.29) is 12.2 Å². The van der Waals surface area contributed by atoms with Crippen LogP contribution >= 0.6 is 12.2 Å². The Morgan fingerprint density at radius 1 is 0.475 bits per heavy atom. The van der Waals surface area contributed by atoms with Gasteiger partial charge in [0.1, 0.15) is 5.60 Å². The number of rotatable bonds is 41. The topological polar surface area (TPSA) is 27.7 Å². The number of thiocarbonyl (C=S) groups is 1. The third-order valence-electron chi connectivity index (χ3n) is 12.2. The van der Waals surface area contributed by atoms with Crippen LogP contribution < -0.4 is 0 Å². The molecule has 0 fully saturated rings. The Morgan fingerprint density at radius 2 is 0.864 bits per heavy atom. The summed E-state index contributed by atoms with van der Waals surface area (Å²) >= 11 is 6.63. The average molecular weight is 833 g/mol. The Kier molecular flexibility index (Phi) is 33.2. The fourth-order valence-electron chi connectivity index (χ4n) is 8.58. The van der Waals surface area contributed by atoms with Gasteiger partial charge in [0.05, 0.1) is 17.1 Å². The summed E-state index contributed by atoms with van der Waals surface area (Å²) in [4.78, 5) is 0.840. The van der Waals surface area contributed by atoms with E-state index in [1.807, 2.05) is 0 Å². The first-order chi connectivity index (χ1) is 29.1. The van der Waals surface area contributed by atoms with Gasteiger partial charge in [0.15, 0.2) is 0 Å². The van der Waals surface area contributed by atoms with Gasteiger partial charge in [0, 0.05) is 25.4 Å². The Bertz CT molecular complexity index is 1260. The van der Waals surface area contributed by atoms with Crippen molar-refractivity contribution < 1.29 is 14.2 Å². The first kappa shape index (κ1) is 53.3. The van der Waals surface area contributed by atoms with Gasteiger partial charge in [0.2, 0.25) is 0 Å². The van der Waals surface area contributed by atoms with Crippen molar-refractivity contribution in [1.82, 2.24) is 0 Å². The largest absolute Gasteiger partial charge is 0.375 e. The molecule has 0 heterocycles. The van der Waals surface area contributed by atoms with Crippen LogP contribution in [0.2, 0.25) is 0 Å². The predicted octanol–water partition coefficient (Wildman–Crippen LogP) is 17.4. The zero-order chi connectivity index (χ0) is 42.5. The summed E-state index contributed by atoms with van der Waals surface area (Å²) in [6, 6.07) is 21.4. The van der Waals surface area contributed by atoms with Crippen LogP contribution in [0.1, 0.15) is 232 Å². The molecule has 0 aromatic heterocycles. The van der Waals surface area contributed by atoms with Crippen molar-refractivity contribution in [2.45, 2.75) is 239 Å². The minimum Gasteiger partial charge on any atom is -0.375 e. The Balaban J connectivity index is 2.47. The van der Waals surface area contributed by atoms with Gasteiger partial charge in [-0.1, -0.05) is 262 Å². The second kappa shape index (κ2) is 36.8. The maximum atomic E-state index is 7.59. The second-order valence-corrected chi connectivity index (χ2v) is 17.8. The molecule has 0 saturated heterocycles. The van der Waals surface area contributed by atoms with Crippen LogP contribution in [0, 0.1) is 0 Å². The maximum absolute atomic E-state index is 7.59. The van der Waals surface area contributed by atoms with Gasteiger partial charge in [-0.2, -0.15) is 0 Å². The Hall–Kier alpha value is -1.85. The highest BCUT2D eigenvalue weighted by atomic mass is 32.1. The Labute approximate surface area is 371 Å². The van der Waals surface area contributed by atoms with E-state index in [1.165, 1.54) is 141 Å². The maximum Gasteiger partial charge on any atom is 0.146 e. The van der Waals surface area contributed by atoms with Crippen LogP contribution in [0.3, 0.4) is 0 Å². The van der Waals surface area contributed by atoms with Crippen LogP contribution in [0.25, 0.3) is 6.08 Å². The summed E-state index contributed by atoms with van der Waals surface area (Å²) in [6.45, 7) is 13.5. The minimum absolute atomic E-state index is 0.186. The van der Waals surface area contributed by atoms with E-state index in [1.54, 1.807) is 0 Å². The quantitative estimate of drug-likeness (QED) is 0.0289. The van der Waals surface area contributed by atoms with Gasteiger partial charge in [0.25, 0.3) is 0 Å². The number of hydrogen-bond acceptors (Lipinski definition) is 4. The molecular formula is C55H92O3S. The number of unbranched alkanes of at least 4 members (excludes halogenated alkanes) is 23. The van der Waals surface area contributed by atoms with Crippen molar-refractivity contribution in [1.29, 1.82) is 0 Å². The lowest BCUT2D eigenvalue weighted by molar-refractivity contribution is -0.191. The molecule has 2 aromatic carbocycles. The molecule has 2 aromatic rings. The summed E-state index contributed by atoms with van der Waals surface area (Å²) in [5.74, 6) is 0. The minimum atomic E-state index is -0.866. The molecule has 0 aliphatic heterocycles. The smallest absolute Gasteiger partial charge is 0.146 e. The van der Waals surface area contributed by atoms with Crippen molar-refractivity contribution in [2.24, 2.45) is 0 Å². The third-order valence-corrected chi connectivity index (χ3v) is 12.6. The van der Waals surface area contributed by atoms with E-state index < -0.39 is 5.60 Å². The van der Waals surface area contributed by atoms with Crippen LogP contribution in [-0.4, -0.2) is 42.5 Å². The molecule has 0 amide bonds. The second-order valence-electron chi connectivity index (χ2n) is 17.4. The SMILES string of the molecule is CCCCCCCCCCCCCCCCCC(OCCCCCC)C(OCCCCCC)(C(=Cc1ccccc1)C(=S)c1ccccc1)C(CC)OCCCCCC. The summed E-state index contributed by atoms with van der Waals surface area (Å²) in [5.41, 5.74) is 2.36. The van der Waals surface area contributed by atoms with E-state index in [0.717, 1.165) is 79.7 Å². The van der Waals surface area contributed by atoms with Crippen molar-refractivity contribution >= 4 is 23.2 Å². The lowest BCUT2D eigenvalue weighted by atomic mass is 9.75. The van der Waals surface area contributed by atoms with Crippen molar-refractivity contribution in [3.8, 4) is 0 Å². The standard InChI is InChI=1S/C55H92O3S/c1-6-11-15-19-20-21-22-23-24-25-26-27-28-29-36-44-53(57-46-38-17-13-8-3)55(58-47-39-18-14-9-4,52(10-5)56-45-37-16-12-7-2)51(48-49-40-32-30-33-41-49)54(59)50-42-34-31-35-43-50/h30-35,40-43,48,52-53H,6-29,36-39,44-47H2,1-5H3. The summed E-state index contributed by atoms with van der Waals surface area (Å²) in [7, 11) is 0. The highest BCUT2D eigenvalue weighted by Crippen LogP contribution is 2.41. The van der Waals surface area contributed by atoms with Crippen molar-refractivity contribution in [3.63, 3.8) is 0 Å². The summed E-state index contributed by atoms with van der Waals surface area (Å²) in [6.07, 6.45) is 38.0. The van der Waals surface area contributed by atoms with Gasteiger partial charge in [-0.05, 0) is 49.3 Å². The molecule has 2 rings (SSSR count). The molecule has 0 N–H and O–H groups in total. The number of benzene rings is 2. The highest BCUT2D eigenvalue weighted by Gasteiger charge is 2.51. The van der Waals surface area contributed by atoms with Crippen LogP contribution in [-0.2, 0) is 14.2 Å². The lowest BCUT2D eigenvalue weighted by Gasteiger charge is -2.47. The van der Waals surface area contributed by atoms with E-state index in [0.29, 0.717) is 6.61 Å². The molecule has 0 radical (unpaired) electrons. The zero-order valence-corrected chi connectivity index (χ0v) is 40.1. The molecule has 0 spiro atoms. The highest BCUT2D eigenvalue weighted by molar-refractivity contribution is 7.81. The number of hydrogen-bond donors (Lipinski definition) is 0. The first-order valence-corrected chi connectivity index (χ1v) is 25.7. The molecule has 0 aliphatic rings. The normalized spacial score (nSPS) is 14.0. The van der Waals surface area contributed by atoms with Crippen molar-refractivity contribution in [2.75, 3.05) is 19.8 Å². The molecule has 3 nitrogen and oxygen atoms in total. The number of ether oxygens (including phenoxy) is 3. The molecule has 0 aliphatic carbocycles. The van der Waals surface area contributed by atoms with Crippen molar-refractivity contribution in [3.05, 3.63) is 77.4 Å². The predicted molar refractivity (Wildman–Crippen MR) is 263 cm³/mol. The monoisotopic (exact) mass is 833 g/mol. The van der Waals surface area contributed by atoms with Gasteiger partial charge in [-0.25, -0.2) is 0 Å². The zero-order valence-electron chi connectivity index (χ0n) is 39.3. The molecule has 0 bridgehead atoms. The molecular weight excluding hydrogens is 741 g/mol.